The van der Waals surface area contributed by atoms with E-state index in [1.54, 1.807) is 6.92 Å². The van der Waals surface area contributed by atoms with E-state index < -0.39 is 18.3 Å². The fraction of sp³-hybridized carbons (Fsp3) is 0.353. The molecule has 9 nitrogen and oxygen atoms in total. The highest BCUT2D eigenvalue weighted by Gasteiger charge is 2.32. The van der Waals surface area contributed by atoms with Crippen LogP contribution in [0, 0.1) is 0 Å². The number of ether oxygens (including phenoxy) is 3. The standard InChI is InChI=1S/C34H41N3O6/c1-4-17-37(3)22-30-19-31(27-11-9-24(23-38)10-12-27)43-33(42-30)28-15-13-26(14-16-28)29-8-6-7-25(18-29)20-35-34(40)36-21-32(39)41-5-2/h4,6-16,18,30-31,33,38H,1,5,17,19-23H2,2-3H3,(H2,35,36,40)/t30-,31+,33+/m1/s1. The van der Waals surface area contributed by atoms with E-state index in [9.17, 15) is 14.7 Å². The SMILES string of the molecule is C=CCN(C)C[C@H]1C[C@@H](c2ccc(CO)cc2)O[C@@H](c2ccc(-c3cccc(CNC(=O)NCC(=O)OCC)c3)cc2)O1. The van der Waals surface area contributed by atoms with Crippen molar-refractivity contribution < 1.29 is 28.9 Å². The van der Waals surface area contributed by atoms with Gasteiger partial charge in [0.2, 0.25) is 0 Å². The summed E-state index contributed by atoms with van der Waals surface area (Å²) in [6, 6.07) is 23.5. The van der Waals surface area contributed by atoms with Crippen LogP contribution in [0.5, 0.6) is 0 Å². The molecule has 1 aliphatic rings. The number of nitrogens with zero attached hydrogens (tertiary/aromatic N) is 1. The molecule has 0 radical (unpaired) electrons. The second-order valence-corrected chi connectivity index (χ2v) is 10.5. The van der Waals surface area contributed by atoms with Crippen LogP contribution in [0.4, 0.5) is 4.79 Å². The largest absolute Gasteiger partial charge is 0.465 e. The molecule has 3 aromatic rings. The maximum atomic E-state index is 12.1. The van der Waals surface area contributed by atoms with Crippen LogP contribution >= 0.6 is 0 Å². The Morgan fingerprint density at radius 3 is 2.44 bits per heavy atom. The summed E-state index contributed by atoms with van der Waals surface area (Å²) in [6.07, 6.45) is 1.88. The van der Waals surface area contributed by atoms with Crippen LogP contribution in [0.2, 0.25) is 0 Å². The third-order valence-corrected chi connectivity index (χ3v) is 7.17. The van der Waals surface area contributed by atoms with E-state index >= 15 is 0 Å². The summed E-state index contributed by atoms with van der Waals surface area (Å²) in [4.78, 5) is 25.7. The molecule has 3 N–H and O–H groups in total. The van der Waals surface area contributed by atoms with Crippen LogP contribution in [0.3, 0.4) is 0 Å². The molecule has 9 heteroatoms. The summed E-state index contributed by atoms with van der Waals surface area (Å²) in [7, 11) is 2.05. The zero-order valence-corrected chi connectivity index (χ0v) is 24.8. The number of benzene rings is 3. The number of carbonyl (C=O) groups is 2. The number of aliphatic hydroxyl groups is 1. The smallest absolute Gasteiger partial charge is 0.325 e. The molecular formula is C34H41N3O6. The molecular weight excluding hydrogens is 546 g/mol. The molecule has 3 aromatic carbocycles. The summed E-state index contributed by atoms with van der Waals surface area (Å²) in [5.74, 6) is -0.477. The molecule has 0 aliphatic carbocycles. The van der Waals surface area contributed by atoms with E-state index in [-0.39, 0.29) is 32.0 Å². The number of aliphatic hydroxyl groups excluding tert-OH is 1. The minimum absolute atomic E-state index is 0.00470. The lowest BCUT2D eigenvalue weighted by Crippen LogP contribution is -2.38. The van der Waals surface area contributed by atoms with Gasteiger partial charge in [-0.25, -0.2) is 4.79 Å². The number of esters is 1. The Balaban J connectivity index is 1.43. The van der Waals surface area contributed by atoms with Crippen LogP contribution in [0.25, 0.3) is 11.1 Å². The van der Waals surface area contributed by atoms with Crippen molar-refractivity contribution in [1.82, 2.24) is 15.5 Å². The average Bonchev–Trinajstić information content (AvgIpc) is 3.03. The van der Waals surface area contributed by atoms with E-state index in [1.165, 1.54) is 0 Å². The number of urea groups is 1. The maximum absolute atomic E-state index is 12.1. The molecule has 3 atom stereocenters. The molecule has 0 spiro atoms. The molecule has 1 saturated heterocycles. The Hall–Kier alpha value is -4.02. The van der Waals surface area contributed by atoms with Gasteiger partial charge in [-0.1, -0.05) is 72.8 Å². The predicted molar refractivity (Wildman–Crippen MR) is 165 cm³/mol. The van der Waals surface area contributed by atoms with Crippen molar-refractivity contribution in [2.75, 3.05) is 33.3 Å². The molecule has 1 fully saturated rings. The minimum atomic E-state index is -0.531. The predicted octanol–water partition coefficient (Wildman–Crippen LogP) is 4.87. The average molecular weight is 588 g/mol. The van der Waals surface area contributed by atoms with Gasteiger partial charge in [0.05, 0.1) is 25.4 Å². The number of nitrogens with one attached hydrogen (secondary N) is 2. The van der Waals surface area contributed by atoms with Gasteiger partial charge in [0.25, 0.3) is 0 Å². The molecule has 1 heterocycles. The Kier molecular flexibility index (Phi) is 11.9. The molecule has 43 heavy (non-hydrogen) atoms. The molecule has 228 valence electrons. The molecule has 0 bridgehead atoms. The normalized spacial score (nSPS) is 18.2. The maximum Gasteiger partial charge on any atom is 0.325 e. The first-order valence-electron chi connectivity index (χ1n) is 14.5. The van der Waals surface area contributed by atoms with Crippen LogP contribution in [0.15, 0.2) is 85.5 Å². The molecule has 0 aromatic heterocycles. The first kappa shape index (κ1) is 31.9. The van der Waals surface area contributed by atoms with Crippen molar-refractivity contribution in [1.29, 1.82) is 0 Å². The number of hydrogen-bond acceptors (Lipinski definition) is 7. The lowest BCUT2D eigenvalue weighted by Gasteiger charge is -2.37. The quantitative estimate of drug-likeness (QED) is 0.193. The first-order chi connectivity index (χ1) is 20.9. The van der Waals surface area contributed by atoms with Crippen molar-refractivity contribution in [3.63, 3.8) is 0 Å². The van der Waals surface area contributed by atoms with Gasteiger partial charge in [-0.3, -0.25) is 4.79 Å². The highest BCUT2D eigenvalue weighted by atomic mass is 16.7. The Morgan fingerprint density at radius 2 is 1.74 bits per heavy atom. The van der Waals surface area contributed by atoms with Crippen molar-refractivity contribution in [2.45, 2.75) is 45.0 Å². The lowest BCUT2D eigenvalue weighted by atomic mass is 9.99. The summed E-state index contributed by atoms with van der Waals surface area (Å²) in [5.41, 5.74) is 5.79. The highest BCUT2D eigenvalue weighted by Crippen LogP contribution is 2.38. The van der Waals surface area contributed by atoms with Crippen LogP contribution < -0.4 is 10.6 Å². The second kappa shape index (κ2) is 16.0. The summed E-state index contributed by atoms with van der Waals surface area (Å²) < 4.78 is 17.7. The van der Waals surface area contributed by atoms with Crippen LogP contribution in [-0.2, 0) is 32.2 Å². The molecule has 4 rings (SSSR count). The summed E-state index contributed by atoms with van der Waals surface area (Å²) in [6.45, 7) is 7.49. The van der Waals surface area contributed by atoms with Gasteiger partial charge in [0.15, 0.2) is 6.29 Å². The number of amides is 2. The van der Waals surface area contributed by atoms with Gasteiger partial charge < -0.3 is 34.9 Å². The van der Waals surface area contributed by atoms with E-state index in [0.717, 1.165) is 52.9 Å². The third-order valence-electron chi connectivity index (χ3n) is 7.17. The zero-order valence-electron chi connectivity index (χ0n) is 24.8. The van der Waals surface area contributed by atoms with Crippen molar-refractivity contribution in [2.24, 2.45) is 0 Å². The lowest BCUT2D eigenvalue weighted by molar-refractivity contribution is -0.252. The zero-order chi connectivity index (χ0) is 30.6. The summed E-state index contributed by atoms with van der Waals surface area (Å²) >= 11 is 0. The van der Waals surface area contributed by atoms with E-state index in [1.807, 2.05) is 78.9 Å². The van der Waals surface area contributed by atoms with Gasteiger partial charge in [-0.05, 0) is 47.9 Å². The van der Waals surface area contributed by atoms with Gasteiger partial charge in [0.1, 0.15) is 6.54 Å². The van der Waals surface area contributed by atoms with Gasteiger partial charge in [0, 0.05) is 31.6 Å². The van der Waals surface area contributed by atoms with Crippen molar-refractivity contribution in [3.05, 3.63) is 108 Å². The second-order valence-electron chi connectivity index (χ2n) is 10.5. The number of rotatable bonds is 13. The van der Waals surface area contributed by atoms with Gasteiger partial charge >= 0.3 is 12.0 Å². The number of carbonyl (C=O) groups excluding carboxylic acids is 2. The molecule has 0 unspecified atom stereocenters. The fourth-order valence-corrected chi connectivity index (χ4v) is 4.98. The minimum Gasteiger partial charge on any atom is -0.465 e. The van der Waals surface area contributed by atoms with E-state index in [4.69, 9.17) is 14.2 Å². The van der Waals surface area contributed by atoms with Gasteiger partial charge in [-0.2, -0.15) is 0 Å². The van der Waals surface area contributed by atoms with Crippen LogP contribution in [0.1, 0.15) is 48.0 Å². The Morgan fingerprint density at radius 1 is 1.00 bits per heavy atom. The molecule has 1 aliphatic heterocycles. The highest BCUT2D eigenvalue weighted by molar-refractivity contribution is 5.80. The Bertz CT molecular complexity index is 1340. The molecule has 0 saturated carbocycles. The number of likely N-dealkylation sites (N-methyl/N-ethyl adjacent to an activating group) is 1. The topological polar surface area (TPSA) is 109 Å². The third kappa shape index (κ3) is 9.49. The van der Waals surface area contributed by atoms with E-state index in [0.29, 0.717) is 6.54 Å². The Labute approximate surface area is 253 Å². The number of hydrogen-bond donors (Lipinski definition) is 3. The van der Waals surface area contributed by atoms with Crippen molar-refractivity contribution in [3.8, 4) is 11.1 Å². The van der Waals surface area contributed by atoms with Crippen LogP contribution in [-0.4, -0.2) is 61.4 Å². The monoisotopic (exact) mass is 587 g/mol. The van der Waals surface area contributed by atoms with Gasteiger partial charge in [-0.15, -0.1) is 6.58 Å². The van der Waals surface area contributed by atoms with E-state index in [2.05, 4.69) is 29.2 Å². The first-order valence-corrected chi connectivity index (χ1v) is 14.5. The summed E-state index contributed by atoms with van der Waals surface area (Å²) in [5, 5.41) is 14.7. The fourth-order valence-electron chi connectivity index (χ4n) is 4.98. The molecule has 2 amide bonds. The van der Waals surface area contributed by atoms with Crippen molar-refractivity contribution >= 4 is 12.0 Å².